The van der Waals surface area contributed by atoms with Crippen molar-refractivity contribution in [3.05, 3.63) is 12.2 Å². The molecule has 0 aliphatic rings. The molecule has 0 N–H and O–H groups in total. The normalized spacial score (nSPS) is 12.0. The lowest BCUT2D eigenvalue weighted by Crippen LogP contribution is -2.30. The third-order valence-electron chi connectivity index (χ3n) is 16.3. The van der Waals surface area contributed by atoms with E-state index in [1.165, 1.54) is 308 Å². The van der Waals surface area contributed by atoms with Gasteiger partial charge in [-0.1, -0.05) is 354 Å². The summed E-state index contributed by atoms with van der Waals surface area (Å²) in [6.45, 7) is 6.72. The Labute approximate surface area is 481 Å². The van der Waals surface area contributed by atoms with E-state index in [2.05, 4.69) is 32.9 Å². The SMILES string of the molecule is CCCCCCCC/C=C\CCCCCCCCCCCC(=O)OC(COC(=O)CCCCCCCCCCCCCC)COC(=O)CCCCCCCCCCCCCCCCCCCCCCCCCCCCCC. The summed E-state index contributed by atoms with van der Waals surface area (Å²) in [5.41, 5.74) is 0. The lowest BCUT2D eigenvalue weighted by Gasteiger charge is -2.18. The molecule has 1 unspecified atom stereocenters. The largest absolute Gasteiger partial charge is 0.462 e. The molecule has 0 saturated heterocycles. The summed E-state index contributed by atoms with van der Waals surface area (Å²) in [5, 5.41) is 0. The van der Waals surface area contributed by atoms with Crippen LogP contribution in [-0.4, -0.2) is 37.2 Å². The summed E-state index contributed by atoms with van der Waals surface area (Å²) in [6.07, 6.45) is 79.6. The van der Waals surface area contributed by atoms with Crippen molar-refractivity contribution in [2.24, 2.45) is 0 Å². The summed E-state index contributed by atoms with van der Waals surface area (Å²) < 4.78 is 17.0. The quantitative estimate of drug-likeness (QED) is 0.0261. The number of allylic oxidation sites excluding steroid dienone is 2. The van der Waals surface area contributed by atoms with E-state index in [4.69, 9.17) is 14.2 Å². The Morgan fingerprint density at radius 3 is 0.649 bits per heavy atom. The van der Waals surface area contributed by atoms with Crippen LogP contribution in [0.4, 0.5) is 0 Å². The maximum Gasteiger partial charge on any atom is 0.306 e. The molecule has 0 heterocycles. The summed E-state index contributed by atoms with van der Waals surface area (Å²) in [7, 11) is 0. The van der Waals surface area contributed by atoms with Gasteiger partial charge in [0.25, 0.3) is 0 Å². The Morgan fingerprint density at radius 1 is 0.247 bits per heavy atom. The zero-order valence-electron chi connectivity index (χ0n) is 52.5. The second-order valence-corrected chi connectivity index (χ2v) is 24.2. The predicted octanol–water partition coefficient (Wildman–Crippen LogP) is 24.0. The molecular weight excluding hydrogens is 949 g/mol. The van der Waals surface area contributed by atoms with Crippen molar-refractivity contribution in [1.29, 1.82) is 0 Å². The highest BCUT2D eigenvalue weighted by Gasteiger charge is 2.19. The fourth-order valence-electron chi connectivity index (χ4n) is 11.0. The first kappa shape index (κ1) is 75.2. The van der Waals surface area contributed by atoms with E-state index in [9.17, 15) is 14.4 Å². The molecule has 0 aliphatic heterocycles. The fraction of sp³-hybridized carbons (Fsp3) is 0.930. The predicted molar refractivity (Wildman–Crippen MR) is 335 cm³/mol. The maximum atomic E-state index is 12.9. The van der Waals surface area contributed by atoms with Crippen molar-refractivity contribution in [1.82, 2.24) is 0 Å². The highest BCUT2D eigenvalue weighted by molar-refractivity contribution is 5.71. The topological polar surface area (TPSA) is 78.9 Å². The number of hydrogen-bond donors (Lipinski definition) is 0. The molecule has 0 aromatic carbocycles. The Balaban J connectivity index is 4.14. The van der Waals surface area contributed by atoms with Gasteiger partial charge in [0.1, 0.15) is 13.2 Å². The number of carbonyl (C=O) groups excluding carboxylic acids is 3. The van der Waals surface area contributed by atoms with Gasteiger partial charge in [-0.25, -0.2) is 0 Å². The van der Waals surface area contributed by atoms with Gasteiger partial charge in [0.15, 0.2) is 6.10 Å². The molecule has 0 bridgehead atoms. The number of carbonyl (C=O) groups is 3. The van der Waals surface area contributed by atoms with E-state index in [-0.39, 0.29) is 31.1 Å². The standard InChI is InChI=1S/C71H136O6/c1-4-7-10-13-16-19-22-25-27-29-31-32-33-34-35-36-37-38-39-41-42-44-46-49-52-55-58-61-64-70(73)76-67-68(66-75-69(72)63-60-57-54-51-48-24-21-18-15-12-9-6-3)77-71(74)65-62-59-56-53-50-47-45-43-40-30-28-26-23-20-17-14-11-8-5-2/h26,28,68H,4-25,27,29-67H2,1-3H3/b28-26-. The third-order valence-corrected chi connectivity index (χ3v) is 16.3. The first-order valence-corrected chi connectivity index (χ1v) is 35.2. The molecule has 6 nitrogen and oxygen atoms in total. The van der Waals surface area contributed by atoms with Crippen LogP contribution in [0.25, 0.3) is 0 Å². The van der Waals surface area contributed by atoms with E-state index in [0.29, 0.717) is 19.3 Å². The Hall–Kier alpha value is -1.85. The van der Waals surface area contributed by atoms with Crippen molar-refractivity contribution < 1.29 is 28.6 Å². The van der Waals surface area contributed by atoms with Crippen LogP contribution in [0.1, 0.15) is 406 Å². The lowest BCUT2D eigenvalue weighted by molar-refractivity contribution is -0.167. The van der Waals surface area contributed by atoms with Gasteiger partial charge in [-0.15, -0.1) is 0 Å². The molecule has 0 rings (SSSR count). The molecule has 0 aromatic heterocycles. The van der Waals surface area contributed by atoms with Crippen LogP contribution >= 0.6 is 0 Å². The molecule has 0 radical (unpaired) electrons. The van der Waals surface area contributed by atoms with Crippen molar-refractivity contribution in [3.8, 4) is 0 Å². The van der Waals surface area contributed by atoms with E-state index in [1.807, 2.05) is 0 Å². The Morgan fingerprint density at radius 2 is 0.429 bits per heavy atom. The molecule has 77 heavy (non-hydrogen) atoms. The highest BCUT2D eigenvalue weighted by Crippen LogP contribution is 2.19. The molecule has 0 amide bonds. The van der Waals surface area contributed by atoms with Crippen LogP contribution in [0.2, 0.25) is 0 Å². The average molecular weight is 1090 g/mol. The summed E-state index contributed by atoms with van der Waals surface area (Å²) in [6, 6.07) is 0. The molecule has 0 fully saturated rings. The van der Waals surface area contributed by atoms with Gasteiger partial charge in [-0.2, -0.15) is 0 Å². The van der Waals surface area contributed by atoms with Gasteiger partial charge in [-0.3, -0.25) is 14.4 Å². The van der Waals surface area contributed by atoms with Crippen molar-refractivity contribution in [3.63, 3.8) is 0 Å². The number of unbranched alkanes of at least 4 members (excludes halogenated alkanes) is 53. The fourth-order valence-corrected chi connectivity index (χ4v) is 11.0. The van der Waals surface area contributed by atoms with E-state index >= 15 is 0 Å². The summed E-state index contributed by atoms with van der Waals surface area (Å²) in [4.78, 5) is 38.3. The zero-order chi connectivity index (χ0) is 55.7. The van der Waals surface area contributed by atoms with Gasteiger partial charge in [0.05, 0.1) is 0 Å². The first-order valence-electron chi connectivity index (χ1n) is 35.2. The van der Waals surface area contributed by atoms with Crippen LogP contribution in [0.15, 0.2) is 12.2 Å². The van der Waals surface area contributed by atoms with Gasteiger partial charge in [0.2, 0.25) is 0 Å². The lowest BCUT2D eigenvalue weighted by atomic mass is 10.0. The van der Waals surface area contributed by atoms with Crippen LogP contribution in [0, 0.1) is 0 Å². The number of rotatable bonds is 66. The van der Waals surface area contributed by atoms with Crippen LogP contribution in [-0.2, 0) is 28.6 Å². The second kappa shape index (κ2) is 66.7. The van der Waals surface area contributed by atoms with Crippen molar-refractivity contribution in [2.45, 2.75) is 412 Å². The average Bonchev–Trinajstić information content (AvgIpc) is 3.43. The number of hydrogen-bond acceptors (Lipinski definition) is 6. The van der Waals surface area contributed by atoms with Gasteiger partial charge in [0, 0.05) is 19.3 Å². The minimum Gasteiger partial charge on any atom is -0.462 e. The third kappa shape index (κ3) is 64.9. The monoisotopic (exact) mass is 1090 g/mol. The minimum atomic E-state index is -0.767. The molecule has 6 heteroatoms. The molecule has 0 aromatic rings. The van der Waals surface area contributed by atoms with E-state index in [0.717, 1.165) is 57.8 Å². The minimum absolute atomic E-state index is 0.0640. The number of esters is 3. The summed E-state index contributed by atoms with van der Waals surface area (Å²) in [5.74, 6) is -0.833. The van der Waals surface area contributed by atoms with E-state index < -0.39 is 6.10 Å². The first-order chi connectivity index (χ1) is 38.0. The zero-order valence-corrected chi connectivity index (χ0v) is 52.5. The molecule has 0 spiro atoms. The molecular formula is C71H136O6. The molecule has 456 valence electrons. The van der Waals surface area contributed by atoms with Crippen LogP contribution < -0.4 is 0 Å². The molecule has 0 aliphatic carbocycles. The molecule has 1 atom stereocenters. The van der Waals surface area contributed by atoms with Crippen molar-refractivity contribution >= 4 is 17.9 Å². The van der Waals surface area contributed by atoms with Gasteiger partial charge < -0.3 is 14.2 Å². The van der Waals surface area contributed by atoms with Crippen LogP contribution in [0.5, 0.6) is 0 Å². The summed E-state index contributed by atoms with van der Waals surface area (Å²) >= 11 is 0. The van der Waals surface area contributed by atoms with Gasteiger partial charge >= 0.3 is 17.9 Å². The second-order valence-electron chi connectivity index (χ2n) is 24.2. The molecule has 0 saturated carbocycles. The van der Waals surface area contributed by atoms with Crippen molar-refractivity contribution in [2.75, 3.05) is 13.2 Å². The Bertz CT molecular complexity index is 1200. The van der Waals surface area contributed by atoms with E-state index in [1.54, 1.807) is 0 Å². The maximum absolute atomic E-state index is 12.9. The Kier molecular flexibility index (Phi) is 65.1. The van der Waals surface area contributed by atoms with Crippen LogP contribution in [0.3, 0.4) is 0 Å². The number of ether oxygens (including phenoxy) is 3. The van der Waals surface area contributed by atoms with Gasteiger partial charge in [-0.05, 0) is 44.9 Å². The smallest absolute Gasteiger partial charge is 0.306 e. The highest BCUT2D eigenvalue weighted by atomic mass is 16.6.